The highest BCUT2D eigenvalue weighted by Gasteiger charge is 2.37. The van der Waals surface area contributed by atoms with Crippen LogP contribution in [0.5, 0.6) is 11.5 Å². The molecule has 0 atom stereocenters. The second-order valence-electron chi connectivity index (χ2n) is 5.55. The van der Waals surface area contributed by atoms with Crippen LogP contribution in [0.25, 0.3) is 0 Å². The summed E-state index contributed by atoms with van der Waals surface area (Å²) in [6, 6.07) is 19.2. The van der Waals surface area contributed by atoms with Gasteiger partial charge in [0, 0.05) is 0 Å². The maximum atomic E-state index is 13.4. The van der Waals surface area contributed by atoms with Gasteiger partial charge >= 0.3 is 0 Å². The number of rotatable bonds is 3. The summed E-state index contributed by atoms with van der Waals surface area (Å²) in [5.74, 6) is -0.406. The molecule has 1 heterocycles. The van der Waals surface area contributed by atoms with Crippen molar-refractivity contribution >= 4 is 17.5 Å². The van der Waals surface area contributed by atoms with Gasteiger partial charge in [0.25, 0.3) is 11.8 Å². The third-order valence-electron chi connectivity index (χ3n) is 3.90. The molecule has 0 saturated carbocycles. The van der Waals surface area contributed by atoms with E-state index in [1.807, 2.05) is 18.2 Å². The average molecular weight is 333 g/mol. The predicted molar refractivity (Wildman–Crippen MR) is 90.5 cm³/mol. The van der Waals surface area contributed by atoms with Gasteiger partial charge in [0.15, 0.2) is 0 Å². The predicted octanol–water partition coefficient (Wildman–Crippen LogP) is 4.42. The maximum absolute atomic E-state index is 13.4. The second kappa shape index (κ2) is 5.87. The zero-order valence-electron chi connectivity index (χ0n) is 13.0. The molecule has 5 heteroatoms. The number of imide groups is 1. The molecule has 0 saturated heterocycles. The number of fused-ring (bicyclic) bond motifs is 1. The summed E-state index contributed by atoms with van der Waals surface area (Å²) >= 11 is 0. The van der Waals surface area contributed by atoms with Gasteiger partial charge < -0.3 is 4.74 Å². The number of halogens is 1. The molecule has 0 fully saturated rings. The van der Waals surface area contributed by atoms with Crippen LogP contribution in [0.2, 0.25) is 0 Å². The molecule has 3 aromatic carbocycles. The number of hydrogen-bond donors (Lipinski definition) is 0. The van der Waals surface area contributed by atoms with Crippen LogP contribution in [0.15, 0.2) is 72.8 Å². The molecule has 122 valence electrons. The minimum Gasteiger partial charge on any atom is -0.457 e. The van der Waals surface area contributed by atoms with E-state index in [1.165, 1.54) is 24.3 Å². The van der Waals surface area contributed by atoms with Crippen molar-refractivity contribution in [2.24, 2.45) is 0 Å². The Balaban J connectivity index is 1.69. The zero-order chi connectivity index (χ0) is 17.4. The Labute approximate surface area is 143 Å². The van der Waals surface area contributed by atoms with Gasteiger partial charge in [-0.3, -0.25) is 9.59 Å². The van der Waals surface area contributed by atoms with Crippen molar-refractivity contribution < 1.29 is 18.7 Å². The van der Waals surface area contributed by atoms with Crippen LogP contribution in [0.3, 0.4) is 0 Å². The average Bonchev–Trinajstić information content (AvgIpc) is 2.86. The monoisotopic (exact) mass is 333 g/mol. The van der Waals surface area contributed by atoms with Crippen molar-refractivity contribution in [2.75, 3.05) is 4.90 Å². The summed E-state index contributed by atoms with van der Waals surface area (Å²) in [6.45, 7) is 0. The first-order valence-corrected chi connectivity index (χ1v) is 7.65. The van der Waals surface area contributed by atoms with Gasteiger partial charge in [-0.1, -0.05) is 24.3 Å². The molecule has 2 amide bonds. The number of carbonyl (C=O) groups is 2. The number of anilines is 1. The van der Waals surface area contributed by atoms with Crippen LogP contribution in [-0.4, -0.2) is 11.8 Å². The number of nitrogens with zero attached hydrogens (tertiary/aromatic N) is 1. The molecule has 0 aliphatic carbocycles. The van der Waals surface area contributed by atoms with Gasteiger partial charge in [-0.25, -0.2) is 9.29 Å². The smallest absolute Gasteiger partial charge is 0.266 e. The first kappa shape index (κ1) is 15.1. The lowest BCUT2D eigenvalue weighted by molar-refractivity contribution is 0.0926. The van der Waals surface area contributed by atoms with E-state index in [1.54, 1.807) is 24.3 Å². The molecule has 0 unspecified atom stereocenters. The molecular weight excluding hydrogens is 321 g/mol. The maximum Gasteiger partial charge on any atom is 0.266 e. The molecule has 4 nitrogen and oxygen atoms in total. The summed E-state index contributed by atoms with van der Waals surface area (Å²) in [5.41, 5.74) is 0.717. The van der Waals surface area contributed by atoms with Crippen LogP contribution in [-0.2, 0) is 0 Å². The summed E-state index contributed by atoms with van der Waals surface area (Å²) < 4.78 is 19.1. The van der Waals surface area contributed by atoms with Gasteiger partial charge in [0.2, 0.25) is 0 Å². The Bertz CT molecular complexity index is 985. The van der Waals surface area contributed by atoms with Gasteiger partial charge in [0.05, 0.1) is 16.8 Å². The number of ether oxygens (including phenoxy) is 1. The molecule has 0 bridgehead atoms. The minimum absolute atomic E-state index is 0.205. The summed E-state index contributed by atoms with van der Waals surface area (Å²) in [5, 5.41) is 0. The Kier molecular flexibility index (Phi) is 3.54. The Hall–Kier alpha value is -3.47. The number of amides is 2. The van der Waals surface area contributed by atoms with Crippen LogP contribution >= 0.6 is 0 Å². The molecule has 1 aliphatic rings. The second-order valence-corrected chi connectivity index (χ2v) is 5.55. The van der Waals surface area contributed by atoms with Gasteiger partial charge in [0.1, 0.15) is 17.3 Å². The topological polar surface area (TPSA) is 46.6 Å². The summed E-state index contributed by atoms with van der Waals surface area (Å²) in [7, 11) is 0. The Morgan fingerprint density at radius 2 is 1.48 bits per heavy atom. The van der Waals surface area contributed by atoms with Crippen molar-refractivity contribution in [2.45, 2.75) is 0 Å². The quantitative estimate of drug-likeness (QED) is 0.667. The molecule has 4 rings (SSSR count). The Morgan fingerprint density at radius 1 is 0.720 bits per heavy atom. The van der Waals surface area contributed by atoms with E-state index in [0.29, 0.717) is 11.5 Å². The normalized spacial score (nSPS) is 13.1. The third kappa shape index (κ3) is 2.65. The molecule has 0 aromatic heterocycles. The molecule has 0 N–H and O–H groups in total. The molecule has 3 aromatic rings. The van der Waals surface area contributed by atoms with E-state index in [-0.39, 0.29) is 16.8 Å². The molecule has 0 radical (unpaired) electrons. The van der Waals surface area contributed by atoms with Crippen molar-refractivity contribution in [1.29, 1.82) is 0 Å². The molecule has 0 spiro atoms. The lowest BCUT2D eigenvalue weighted by Crippen LogP contribution is -2.29. The van der Waals surface area contributed by atoms with Crippen LogP contribution < -0.4 is 9.64 Å². The van der Waals surface area contributed by atoms with E-state index < -0.39 is 17.6 Å². The number of para-hydroxylation sites is 1. The standard InChI is InChI=1S/C20H12FNO3/c21-13-5-4-6-14(11-13)22-19(23)17-10-9-16(12-18(17)20(22)24)25-15-7-2-1-3-8-15/h1-12H. The SMILES string of the molecule is O=C1c2ccc(Oc3ccccc3)cc2C(=O)N1c1cccc(F)c1. The van der Waals surface area contributed by atoms with Gasteiger partial charge in [-0.2, -0.15) is 0 Å². The highest BCUT2D eigenvalue weighted by Crippen LogP contribution is 2.32. The van der Waals surface area contributed by atoms with Gasteiger partial charge in [-0.05, 0) is 48.5 Å². The van der Waals surface area contributed by atoms with Crippen molar-refractivity contribution in [3.05, 3.63) is 89.7 Å². The molecule has 25 heavy (non-hydrogen) atoms. The van der Waals surface area contributed by atoms with E-state index in [0.717, 1.165) is 11.0 Å². The largest absolute Gasteiger partial charge is 0.457 e. The highest BCUT2D eigenvalue weighted by molar-refractivity contribution is 6.34. The van der Waals surface area contributed by atoms with Crippen LogP contribution in [0, 0.1) is 5.82 Å². The summed E-state index contributed by atoms with van der Waals surface area (Å²) in [4.78, 5) is 26.2. The van der Waals surface area contributed by atoms with E-state index in [4.69, 9.17) is 4.74 Å². The fourth-order valence-corrected chi connectivity index (χ4v) is 2.76. The Morgan fingerprint density at radius 3 is 2.24 bits per heavy atom. The highest BCUT2D eigenvalue weighted by atomic mass is 19.1. The van der Waals surface area contributed by atoms with Crippen LogP contribution in [0.4, 0.5) is 10.1 Å². The van der Waals surface area contributed by atoms with Gasteiger partial charge in [-0.15, -0.1) is 0 Å². The molecule has 1 aliphatic heterocycles. The first-order chi connectivity index (χ1) is 12.1. The van der Waals surface area contributed by atoms with Crippen molar-refractivity contribution in [1.82, 2.24) is 0 Å². The van der Waals surface area contributed by atoms with Crippen molar-refractivity contribution in [3.8, 4) is 11.5 Å². The third-order valence-corrected chi connectivity index (χ3v) is 3.90. The van der Waals surface area contributed by atoms with E-state index in [2.05, 4.69) is 0 Å². The first-order valence-electron chi connectivity index (χ1n) is 7.65. The summed E-state index contributed by atoms with van der Waals surface area (Å²) in [6.07, 6.45) is 0. The number of benzene rings is 3. The lowest BCUT2D eigenvalue weighted by Gasteiger charge is -2.13. The van der Waals surface area contributed by atoms with Crippen LogP contribution in [0.1, 0.15) is 20.7 Å². The minimum atomic E-state index is -0.512. The molecular formula is C20H12FNO3. The zero-order valence-corrected chi connectivity index (χ0v) is 13.0. The van der Waals surface area contributed by atoms with E-state index >= 15 is 0 Å². The van der Waals surface area contributed by atoms with E-state index in [9.17, 15) is 14.0 Å². The number of hydrogen-bond acceptors (Lipinski definition) is 3. The van der Waals surface area contributed by atoms with Crippen molar-refractivity contribution in [3.63, 3.8) is 0 Å². The lowest BCUT2D eigenvalue weighted by atomic mass is 10.1. The fourth-order valence-electron chi connectivity index (χ4n) is 2.76. The fraction of sp³-hybridized carbons (Fsp3) is 0. The number of carbonyl (C=O) groups excluding carboxylic acids is 2.